The Bertz CT molecular complexity index is 1380. The molecule has 4 amide bonds. The van der Waals surface area contributed by atoms with Crippen LogP contribution < -0.4 is 19.7 Å². The topological polar surface area (TPSA) is 84.9 Å². The average Bonchev–Trinajstić information content (AvgIpc) is 2.83. The maximum atomic E-state index is 13.1. The largest absolute Gasteiger partial charge is 0.490 e. The van der Waals surface area contributed by atoms with Crippen molar-refractivity contribution in [1.29, 1.82) is 0 Å². The summed E-state index contributed by atoms with van der Waals surface area (Å²) in [6.07, 6.45) is 1.40. The Morgan fingerprint density at radius 1 is 0.944 bits per heavy atom. The molecule has 36 heavy (non-hydrogen) atoms. The molecule has 0 aromatic heterocycles. The van der Waals surface area contributed by atoms with Crippen LogP contribution in [0.2, 0.25) is 10.0 Å². The van der Waals surface area contributed by atoms with E-state index in [4.69, 9.17) is 32.7 Å². The van der Waals surface area contributed by atoms with Gasteiger partial charge in [0.2, 0.25) is 0 Å². The van der Waals surface area contributed by atoms with Gasteiger partial charge in [0, 0.05) is 20.1 Å². The normalized spacial score (nSPS) is 14.7. The van der Waals surface area contributed by atoms with Crippen molar-refractivity contribution in [1.82, 2.24) is 5.32 Å². The molecular weight excluding hydrogens is 571 g/mol. The molecule has 1 fully saturated rings. The fourth-order valence-electron chi connectivity index (χ4n) is 3.45. The fraction of sp³-hybridized carbons (Fsp3) is 0.115. The van der Waals surface area contributed by atoms with E-state index in [0.717, 1.165) is 14.9 Å². The Morgan fingerprint density at radius 2 is 1.69 bits per heavy atom. The van der Waals surface area contributed by atoms with Gasteiger partial charge >= 0.3 is 6.03 Å². The second-order valence-corrected chi connectivity index (χ2v) is 9.36. The molecule has 0 bridgehead atoms. The number of imide groups is 2. The number of ether oxygens (including phenoxy) is 2. The zero-order valence-corrected chi connectivity index (χ0v) is 22.0. The van der Waals surface area contributed by atoms with E-state index in [1.165, 1.54) is 6.08 Å². The van der Waals surface area contributed by atoms with Crippen LogP contribution in [0, 0.1) is 0 Å². The molecule has 10 heteroatoms. The van der Waals surface area contributed by atoms with Crippen molar-refractivity contribution < 1.29 is 23.9 Å². The lowest BCUT2D eigenvalue weighted by atomic mass is 10.1. The molecular formula is C26H19BrCl2N2O5. The van der Waals surface area contributed by atoms with E-state index >= 15 is 0 Å². The first kappa shape index (κ1) is 25.8. The summed E-state index contributed by atoms with van der Waals surface area (Å²) < 4.78 is 12.4. The van der Waals surface area contributed by atoms with E-state index in [2.05, 4.69) is 21.2 Å². The van der Waals surface area contributed by atoms with Crippen LogP contribution in [0.4, 0.5) is 10.5 Å². The number of hydrogen-bond acceptors (Lipinski definition) is 5. The van der Waals surface area contributed by atoms with E-state index in [0.29, 0.717) is 39.4 Å². The van der Waals surface area contributed by atoms with Crippen LogP contribution in [0.5, 0.6) is 11.5 Å². The second kappa shape index (κ2) is 11.2. The molecule has 0 spiro atoms. The van der Waals surface area contributed by atoms with Gasteiger partial charge < -0.3 is 9.47 Å². The average molecular weight is 590 g/mol. The minimum atomic E-state index is -0.816. The lowest BCUT2D eigenvalue weighted by molar-refractivity contribution is -0.122. The lowest BCUT2D eigenvalue weighted by Crippen LogP contribution is -2.54. The number of anilines is 1. The molecule has 7 nitrogen and oxygen atoms in total. The number of carbonyl (C=O) groups is 3. The molecule has 0 radical (unpaired) electrons. The molecule has 3 aromatic rings. The highest BCUT2D eigenvalue weighted by Gasteiger charge is 2.36. The van der Waals surface area contributed by atoms with Gasteiger partial charge in [0.25, 0.3) is 11.8 Å². The number of rotatable bonds is 7. The van der Waals surface area contributed by atoms with Gasteiger partial charge in [-0.05, 0) is 67.1 Å². The summed E-state index contributed by atoms with van der Waals surface area (Å²) in [5, 5.41) is 3.22. The van der Waals surface area contributed by atoms with Crippen molar-refractivity contribution in [3.8, 4) is 11.5 Å². The van der Waals surface area contributed by atoms with Crippen LogP contribution in [-0.2, 0) is 16.2 Å². The molecule has 0 aliphatic carbocycles. The Kier molecular flexibility index (Phi) is 7.98. The number of benzene rings is 3. The second-order valence-electron chi connectivity index (χ2n) is 7.60. The number of barbiturate groups is 1. The Morgan fingerprint density at radius 3 is 2.39 bits per heavy atom. The Hall–Kier alpha value is -3.33. The summed E-state index contributed by atoms with van der Waals surface area (Å²) in [6.45, 7) is 2.37. The van der Waals surface area contributed by atoms with Gasteiger partial charge in [-0.15, -0.1) is 0 Å². The molecule has 1 aliphatic rings. The van der Waals surface area contributed by atoms with Crippen LogP contribution in [0.25, 0.3) is 6.08 Å². The van der Waals surface area contributed by atoms with E-state index in [1.54, 1.807) is 60.7 Å². The van der Waals surface area contributed by atoms with Crippen molar-refractivity contribution in [2.75, 3.05) is 11.5 Å². The van der Waals surface area contributed by atoms with Crippen LogP contribution in [0.1, 0.15) is 18.1 Å². The quantitative estimate of drug-likeness (QED) is 0.255. The number of amides is 4. The number of nitrogens with zero attached hydrogens (tertiary/aromatic N) is 1. The number of urea groups is 1. The van der Waals surface area contributed by atoms with Crippen molar-refractivity contribution in [2.45, 2.75) is 13.5 Å². The van der Waals surface area contributed by atoms with Crippen molar-refractivity contribution in [3.63, 3.8) is 0 Å². The number of halogens is 3. The molecule has 184 valence electrons. The van der Waals surface area contributed by atoms with Crippen molar-refractivity contribution in [3.05, 3.63) is 91.9 Å². The first-order valence-corrected chi connectivity index (χ1v) is 12.3. The fourth-order valence-corrected chi connectivity index (χ4v) is 4.17. The van der Waals surface area contributed by atoms with Gasteiger partial charge in [0.05, 0.1) is 12.3 Å². The van der Waals surface area contributed by atoms with Crippen LogP contribution in [0.15, 0.2) is 70.7 Å². The third kappa shape index (κ3) is 5.73. The highest BCUT2D eigenvalue weighted by Crippen LogP contribution is 2.32. The maximum Gasteiger partial charge on any atom is 0.335 e. The van der Waals surface area contributed by atoms with E-state index in [9.17, 15) is 14.4 Å². The minimum absolute atomic E-state index is 0.182. The van der Waals surface area contributed by atoms with E-state index in [1.807, 2.05) is 6.92 Å². The van der Waals surface area contributed by atoms with Gasteiger partial charge in [0.15, 0.2) is 11.5 Å². The predicted molar refractivity (Wildman–Crippen MR) is 142 cm³/mol. The minimum Gasteiger partial charge on any atom is -0.490 e. The monoisotopic (exact) mass is 588 g/mol. The third-order valence-corrected chi connectivity index (χ3v) is 6.28. The Labute approximate surface area is 225 Å². The summed E-state index contributed by atoms with van der Waals surface area (Å²) in [7, 11) is 0. The highest BCUT2D eigenvalue weighted by atomic mass is 79.9. The molecule has 1 aliphatic heterocycles. The third-order valence-electron chi connectivity index (χ3n) is 5.16. The highest BCUT2D eigenvalue weighted by molar-refractivity contribution is 9.10. The van der Waals surface area contributed by atoms with Gasteiger partial charge in [-0.3, -0.25) is 14.9 Å². The van der Waals surface area contributed by atoms with Crippen LogP contribution in [-0.4, -0.2) is 24.5 Å². The number of hydrogen-bond donors (Lipinski definition) is 1. The van der Waals surface area contributed by atoms with Crippen molar-refractivity contribution >= 4 is 68.7 Å². The van der Waals surface area contributed by atoms with Crippen molar-refractivity contribution in [2.24, 2.45) is 0 Å². The molecule has 4 rings (SSSR count). The summed E-state index contributed by atoms with van der Waals surface area (Å²) in [5.74, 6) is -0.645. The maximum absolute atomic E-state index is 13.1. The summed E-state index contributed by atoms with van der Waals surface area (Å²) in [4.78, 5) is 38.9. The number of nitrogens with one attached hydrogen (secondary N) is 1. The number of carbonyl (C=O) groups excluding carboxylic acids is 3. The predicted octanol–water partition coefficient (Wildman–Crippen LogP) is 6.40. The van der Waals surface area contributed by atoms with Gasteiger partial charge in [-0.2, -0.15) is 0 Å². The summed E-state index contributed by atoms with van der Waals surface area (Å²) in [6, 6.07) is 15.9. The lowest BCUT2D eigenvalue weighted by Gasteiger charge is -2.26. The molecule has 3 aromatic carbocycles. The molecule has 1 N–H and O–H groups in total. The zero-order valence-electron chi connectivity index (χ0n) is 18.9. The SMILES string of the molecule is CCOc1cc(/C=C2\C(=O)NC(=O)N(c3ccc(Br)cc3)C2=O)ccc1OCc1ccc(Cl)cc1Cl. The molecule has 1 saturated heterocycles. The summed E-state index contributed by atoms with van der Waals surface area (Å²) >= 11 is 15.5. The molecule has 0 saturated carbocycles. The summed E-state index contributed by atoms with van der Waals surface area (Å²) in [5.41, 5.74) is 1.40. The van der Waals surface area contributed by atoms with Crippen LogP contribution >= 0.6 is 39.1 Å². The van der Waals surface area contributed by atoms with Gasteiger partial charge in [-0.25, -0.2) is 9.69 Å². The molecule has 1 heterocycles. The standard InChI is InChI=1S/C26H19BrCl2N2O5/c1-2-35-23-12-15(3-10-22(23)36-14-16-4-7-18(28)13-21(16)29)11-20-24(32)30-26(34)31(25(20)33)19-8-5-17(27)6-9-19/h3-13H,2,14H2,1H3,(H,30,32,34)/b20-11+. The van der Waals surface area contributed by atoms with Gasteiger partial charge in [-0.1, -0.05) is 51.3 Å². The smallest absolute Gasteiger partial charge is 0.335 e. The van der Waals surface area contributed by atoms with E-state index in [-0.39, 0.29) is 12.2 Å². The first-order chi connectivity index (χ1) is 17.3. The molecule has 0 unspecified atom stereocenters. The van der Waals surface area contributed by atoms with Gasteiger partial charge in [0.1, 0.15) is 12.2 Å². The molecule has 0 atom stereocenters. The first-order valence-electron chi connectivity index (χ1n) is 10.8. The zero-order chi connectivity index (χ0) is 25.8. The van der Waals surface area contributed by atoms with Crippen LogP contribution in [0.3, 0.4) is 0 Å². The van der Waals surface area contributed by atoms with E-state index < -0.39 is 17.8 Å². The Balaban J connectivity index is 1.61.